The SMILES string of the molecule is Cc1cc(Br)ccc1S(=O)(=O)N1CCN(C(=O)O)[C@H](C)C1. The molecule has 21 heavy (non-hydrogen) atoms. The number of sulfonamides is 1. The summed E-state index contributed by atoms with van der Waals surface area (Å²) < 4.78 is 27.5. The standard InChI is InChI=1S/C13H17BrN2O4S/c1-9-7-11(14)3-4-12(9)21(19,20)15-5-6-16(13(17)18)10(2)8-15/h3-4,7,10H,5-6,8H2,1-2H3,(H,17,18)/t10-/m1/s1. The Morgan fingerprint density at radius 1 is 1.38 bits per heavy atom. The predicted molar refractivity (Wildman–Crippen MR) is 81.8 cm³/mol. The van der Waals surface area contributed by atoms with Gasteiger partial charge in [0.05, 0.1) is 4.90 Å². The van der Waals surface area contributed by atoms with Crippen LogP contribution in [0.1, 0.15) is 12.5 Å². The number of benzene rings is 1. The molecule has 1 amide bonds. The Bertz CT molecular complexity index is 662. The van der Waals surface area contributed by atoms with E-state index in [2.05, 4.69) is 15.9 Å². The molecule has 1 fully saturated rings. The minimum Gasteiger partial charge on any atom is -0.465 e. The lowest BCUT2D eigenvalue weighted by atomic mass is 10.2. The van der Waals surface area contributed by atoms with Crippen LogP contribution in [0.5, 0.6) is 0 Å². The second-order valence-corrected chi connectivity index (χ2v) is 7.92. The molecule has 0 aliphatic carbocycles. The van der Waals surface area contributed by atoms with Crippen molar-refractivity contribution < 1.29 is 18.3 Å². The van der Waals surface area contributed by atoms with Gasteiger partial charge >= 0.3 is 6.09 Å². The molecule has 0 bridgehead atoms. The number of amides is 1. The molecule has 6 nitrogen and oxygen atoms in total. The van der Waals surface area contributed by atoms with Gasteiger partial charge in [0.15, 0.2) is 0 Å². The molecule has 116 valence electrons. The predicted octanol–water partition coefficient (Wildman–Crippen LogP) is 2.13. The van der Waals surface area contributed by atoms with Crippen molar-refractivity contribution >= 4 is 32.0 Å². The Morgan fingerprint density at radius 3 is 2.57 bits per heavy atom. The Kier molecular flexibility index (Phi) is 4.60. The smallest absolute Gasteiger partial charge is 0.407 e. The normalized spacial score (nSPS) is 20.5. The molecule has 0 spiro atoms. The molecule has 0 radical (unpaired) electrons. The van der Waals surface area contributed by atoms with Gasteiger partial charge in [-0.15, -0.1) is 0 Å². The van der Waals surface area contributed by atoms with Gasteiger partial charge in [-0.2, -0.15) is 4.31 Å². The van der Waals surface area contributed by atoms with Crippen molar-refractivity contribution in [3.8, 4) is 0 Å². The van der Waals surface area contributed by atoms with E-state index in [0.29, 0.717) is 5.56 Å². The minimum atomic E-state index is -3.60. The van der Waals surface area contributed by atoms with Crippen LogP contribution in [-0.2, 0) is 10.0 Å². The Balaban J connectivity index is 2.27. The van der Waals surface area contributed by atoms with Gasteiger partial charge < -0.3 is 10.0 Å². The number of nitrogens with zero attached hydrogens (tertiary/aromatic N) is 2. The third kappa shape index (κ3) is 3.22. The zero-order valence-electron chi connectivity index (χ0n) is 11.8. The number of piperazine rings is 1. The van der Waals surface area contributed by atoms with E-state index in [0.717, 1.165) is 4.47 Å². The van der Waals surface area contributed by atoms with Gasteiger partial charge in [-0.3, -0.25) is 0 Å². The molecule has 1 N–H and O–H groups in total. The van der Waals surface area contributed by atoms with E-state index < -0.39 is 16.1 Å². The molecule has 1 atom stereocenters. The van der Waals surface area contributed by atoms with Crippen LogP contribution in [-0.4, -0.2) is 54.5 Å². The van der Waals surface area contributed by atoms with Crippen LogP contribution in [0.25, 0.3) is 0 Å². The molecular formula is C13H17BrN2O4S. The van der Waals surface area contributed by atoms with Crippen molar-refractivity contribution in [1.29, 1.82) is 0 Å². The third-order valence-electron chi connectivity index (χ3n) is 3.59. The van der Waals surface area contributed by atoms with E-state index in [-0.39, 0.29) is 30.6 Å². The highest BCUT2D eigenvalue weighted by atomic mass is 79.9. The van der Waals surface area contributed by atoms with Crippen LogP contribution >= 0.6 is 15.9 Å². The van der Waals surface area contributed by atoms with Crippen LogP contribution in [0.4, 0.5) is 4.79 Å². The van der Waals surface area contributed by atoms with Crippen molar-refractivity contribution in [2.24, 2.45) is 0 Å². The molecule has 1 aliphatic rings. The number of aryl methyl sites for hydroxylation is 1. The van der Waals surface area contributed by atoms with Crippen molar-refractivity contribution in [3.05, 3.63) is 28.2 Å². The lowest BCUT2D eigenvalue weighted by Gasteiger charge is -2.37. The second-order valence-electron chi connectivity index (χ2n) is 5.10. The van der Waals surface area contributed by atoms with E-state index in [1.54, 1.807) is 32.0 Å². The Morgan fingerprint density at radius 2 is 2.05 bits per heavy atom. The highest BCUT2D eigenvalue weighted by Crippen LogP contribution is 2.25. The Labute approximate surface area is 132 Å². The number of carboxylic acid groups (broad SMARTS) is 1. The summed E-state index contributed by atoms with van der Waals surface area (Å²) in [4.78, 5) is 12.6. The van der Waals surface area contributed by atoms with Crippen LogP contribution in [0, 0.1) is 6.92 Å². The molecule has 0 aromatic heterocycles. The topological polar surface area (TPSA) is 77.9 Å². The average Bonchev–Trinajstić information content (AvgIpc) is 2.37. The first-order valence-corrected chi connectivity index (χ1v) is 8.72. The van der Waals surface area contributed by atoms with Gasteiger partial charge in [0.1, 0.15) is 0 Å². The van der Waals surface area contributed by atoms with E-state index in [4.69, 9.17) is 5.11 Å². The number of carbonyl (C=O) groups is 1. The van der Waals surface area contributed by atoms with Gasteiger partial charge in [0.25, 0.3) is 0 Å². The largest absolute Gasteiger partial charge is 0.465 e. The zero-order valence-corrected chi connectivity index (χ0v) is 14.2. The summed E-state index contributed by atoms with van der Waals surface area (Å²) >= 11 is 3.31. The molecule has 1 aliphatic heterocycles. The highest BCUT2D eigenvalue weighted by Gasteiger charge is 2.34. The number of hydrogen-bond donors (Lipinski definition) is 1. The fraction of sp³-hybridized carbons (Fsp3) is 0.462. The summed E-state index contributed by atoms with van der Waals surface area (Å²) in [5, 5.41) is 9.04. The first-order chi connectivity index (χ1) is 9.73. The van der Waals surface area contributed by atoms with Gasteiger partial charge in [0, 0.05) is 30.1 Å². The highest BCUT2D eigenvalue weighted by molar-refractivity contribution is 9.10. The molecule has 0 unspecified atom stereocenters. The maximum atomic E-state index is 12.7. The van der Waals surface area contributed by atoms with Gasteiger partial charge in [0.2, 0.25) is 10.0 Å². The minimum absolute atomic E-state index is 0.171. The van der Waals surface area contributed by atoms with Crippen molar-refractivity contribution in [3.63, 3.8) is 0 Å². The molecule has 0 saturated carbocycles. The lowest BCUT2D eigenvalue weighted by Crippen LogP contribution is -2.55. The monoisotopic (exact) mass is 376 g/mol. The van der Waals surface area contributed by atoms with E-state index in [1.807, 2.05) is 0 Å². The summed E-state index contributed by atoms with van der Waals surface area (Å²) in [5.41, 5.74) is 0.665. The molecular weight excluding hydrogens is 360 g/mol. The number of hydrogen-bond acceptors (Lipinski definition) is 3. The average molecular weight is 377 g/mol. The van der Waals surface area contributed by atoms with Crippen LogP contribution < -0.4 is 0 Å². The van der Waals surface area contributed by atoms with E-state index >= 15 is 0 Å². The summed E-state index contributed by atoms with van der Waals surface area (Å²) in [5.74, 6) is 0. The first-order valence-electron chi connectivity index (χ1n) is 6.49. The molecule has 1 aromatic rings. The molecule has 1 saturated heterocycles. The maximum absolute atomic E-state index is 12.7. The maximum Gasteiger partial charge on any atom is 0.407 e. The first kappa shape index (κ1) is 16.3. The van der Waals surface area contributed by atoms with Gasteiger partial charge in [-0.05, 0) is 37.6 Å². The van der Waals surface area contributed by atoms with Crippen molar-refractivity contribution in [2.75, 3.05) is 19.6 Å². The third-order valence-corrected chi connectivity index (χ3v) is 6.11. The van der Waals surface area contributed by atoms with E-state index in [1.165, 1.54) is 9.21 Å². The quantitative estimate of drug-likeness (QED) is 0.857. The van der Waals surface area contributed by atoms with Gasteiger partial charge in [-0.25, -0.2) is 13.2 Å². The molecule has 8 heteroatoms. The fourth-order valence-electron chi connectivity index (χ4n) is 2.47. The molecule has 1 heterocycles. The summed E-state index contributed by atoms with van der Waals surface area (Å²) in [6.45, 7) is 3.99. The van der Waals surface area contributed by atoms with Gasteiger partial charge in [-0.1, -0.05) is 15.9 Å². The summed E-state index contributed by atoms with van der Waals surface area (Å²) in [7, 11) is -3.60. The van der Waals surface area contributed by atoms with Crippen LogP contribution in [0.15, 0.2) is 27.6 Å². The lowest BCUT2D eigenvalue weighted by molar-refractivity contribution is 0.0992. The summed E-state index contributed by atoms with van der Waals surface area (Å²) in [6, 6.07) is 4.66. The van der Waals surface area contributed by atoms with Crippen molar-refractivity contribution in [2.45, 2.75) is 24.8 Å². The fourth-order valence-corrected chi connectivity index (χ4v) is 4.66. The Hall–Kier alpha value is -1.12. The number of halogens is 1. The molecule has 2 rings (SSSR count). The molecule has 1 aromatic carbocycles. The van der Waals surface area contributed by atoms with Crippen LogP contribution in [0.2, 0.25) is 0 Å². The van der Waals surface area contributed by atoms with E-state index in [9.17, 15) is 13.2 Å². The number of rotatable bonds is 2. The summed E-state index contributed by atoms with van der Waals surface area (Å²) in [6.07, 6.45) is -1.01. The van der Waals surface area contributed by atoms with Crippen molar-refractivity contribution in [1.82, 2.24) is 9.21 Å². The van der Waals surface area contributed by atoms with Crippen LogP contribution in [0.3, 0.4) is 0 Å². The zero-order chi connectivity index (χ0) is 15.8. The second kappa shape index (κ2) is 5.94.